The van der Waals surface area contributed by atoms with Gasteiger partial charge in [-0.25, -0.2) is 4.68 Å². The summed E-state index contributed by atoms with van der Waals surface area (Å²) >= 11 is 6.09. The van der Waals surface area contributed by atoms with E-state index in [1.165, 1.54) is 0 Å². The number of rotatable bonds is 2. The molecule has 0 aliphatic carbocycles. The Labute approximate surface area is 122 Å². The molecule has 1 aromatic carbocycles. The number of ether oxygens (including phenoxy) is 2. The van der Waals surface area contributed by atoms with E-state index in [1.807, 2.05) is 32.0 Å². The minimum Gasteiger partial charge on any atom is -0.486 e. The molecule has 6 heteroatoms. The van der Waals surface area contributed by atoms with Crippen LogP contribution < -0.4 is 15.2 Å². The number of nitrogens with two attached hydrogens (primary N) is 1. The van der Waals surface area contributed by atoms with E-state index in [0.29, 0.717) is 24.1 Å². The normalized spacial score (nSPS) is 15.2. The highest BCUT2D eigenvalue weighted by Crippen LogP contribution is 2.35. The van der Waals surface area contributed by atoms with Gasteiger partial charge in [0.15, 0.2) is 11.5 Å². The lowest BCUT2D eigenvalue weighted by atomic mass is 10.1. The molecule has 1 aromatic heterocycles. The molecule has 3 rings (SSSR count). The van der Waals surface area contributed by atoms with Crippen molar-refractivity contribution in [3.8, 4) is 11.5 Å². The van der Waals surface area contributed by atoms with Crippen LogP contribution in [-0.4, -0.2) is 23.0 Å². The first kappa shape index (κ1) is 13.1. The Morgan fingerprint density at radius 3 is 2.65 bits per heavy atom. The molecule has 5 nitrogen and oxygen atoms in total. The molecule has 0 saturated carbocycles. The van der Waals surface area contributed by atoms with Gasteiger partial charge in [-0.1, -0.05) is 17.7 Å². The van der Waals surface area contributed by atoms with Gasteiger partial charge in [-0.3, -0.25) is 0 Å². The lowest BCUT2D eigenvalue weighted by Gasteiger charge is -2.21. The minimum atomic E-state index is -0.0305. The van der Waals surface area contributed by atoms with E-state index < -0.39 is 0 Å². The van der Waals surface area contributed by atoms with E-state index in [0.717, 1.165) is 22.8 Å². The summed E-state index contributed by atoms with van der Waals surface area (Å²) in [6, 6.07) is 5.83. The SMILES string of the molecule is Cc1nn(C(C)c2ccc3c(c2)OCCO3)c(N)c1Cl. The van der Waals surface area contributed by atoms with Crippen LogP contribution in [0.1, 0.15) is 24.2 Å². The van der Waals surface area contributed by atoms with Gasteiger partial charge in [-0.05, 0) is 31.5 Å². The first-order valence-corrected chi connectivity index (χ1v) is 6.85. The quantitative estimate of drug-likeness (QED) is 0.925. The Kier molecular flexibility index (Phi) is 3.22. The van der Waals surface area contributed by atoms with Crippen LogP contribution in [0.5, 0.6) is 11.5 Å². The summed E-state index contributed by atoms with van der Waals surface area (Å²) in [7, 11) is 0. The second kappa shape index (κ2) is 4.90. The van der Waals surface area contributed by atoms with E-state index in [1.54, 1.807) is 4.68 Å². The lowest BCUT2D eigenvalue weighted by molar-refractivity contribution is 0.171. The number of hydrogen-bond acceptors (Lipinski definition) is 4. The van der Waals surface area contributed by atoms with Crippen molar-refractivity contribution in [2.75, 3.05) is 18.9 Å². The van der Waals surface area contributed by atoms with Crippen molar-refractivity contribution in [2.45, 2.75) is 19.9 Å². The number of anilines is 1. The summed E-state index contributed by atoms with van der Waals surface area (Å²) in [6.07, 6.45) is 0. The maximum absolute atomic E-state index is 6.09. The van der Waals surface area contributed by atoms with Gasteiger partial charge in [0.1, 0.15) is 24.1 Å². The number of benzene rings is 1. The van der Waals surface area contributed by atoms with Gasteiger partial charge in [0, 0.05) is 0 Å². The van der Waals surface area contributed by atoms with E-state index in [4.69, 9.17) is 26.8 Å². The topological polar surface area (TPSA) is 62.3 Å². The second-order valence-corrected chi connectivity index (χ2v) is 5.19. The standard InChI is InChI=1S/C14H16ClN3O2/c1-8-13(15)14(16)18(17-8)9(2)10-3-4-11-12(7-10)20-6-5-19-11/h3-4,7,9H,5-6,16H2,1-2H3. The summed E-state index contributed by atoms with van der Waals surface area (Å²) in [5.41, 5.74) is 7.76. The van der Waals surface area contributed by atoms with Crippen molar-refractivity contribution in [1.82, 2.24) is 9.78 Å². The average Bonchev–Trinajstić information content (AvgIpc) is 2.73. The maximum Gasteiger partial charge on any atom is 0.161 e. The number of aromatic nitrogens is 2. The third-order valence-corrected chi connectivity index (χ3v) is 3.93. The molecule has 20 heavy (non-hydrogen) atoms. The summed E-state index contributed by atoms with van der Waals surface area (Å²) in [5.74, 6) is 2.01. The highest BCUT2D eigenvalue weighted by Gasteiger charge is 2.19. The maximum atomic E-state index is 6.09. The first-order chi connectivity index (χ1) is 9.58. The van der Waals surface area contributed by atoms with Gasteiger partial charge in [0.25, 0.3) is 0 Å². The molecule has 0 bridgehead atoms. The third kappa shape index (κ3) is 2.08. The molecule has 0 fully saturated rings. The van der Waals surface area contributed by atoms with Crippen molar-refractivity contribution >= 4 is 17.4 Å². The number of fused-ring (bicyclic) bond motifs is 1. The highest BCUT2D eigenvalue weighted by atomic mass is 35.5. The molecule has 0 spiro atoms. The van der Waals surface area contributed by atoms with Crippen LogP contribution in [0.4, 0.5) is 5.82 Å². The molecule has 0 amide bonds. The average molecular weight is 294 g/mol. The summed E-state index contributed by atoms with van der Waals surface area (Å²) in [5, 5.41) is 4.89. The molecule has 1 unspecified atom stereocenters. The Morgan fingerprint density at radius 1 is 1.30 bits per heavy atom. The molecule has 1 aliphatic heterocycles. The zero-order chi connectivity index (χ0) is 14.3. The first-order valence-electron chi connectivity index (χ1n) is 6.47. The third-order valence-electron chi connectivity index (χ3n) is 3.46. The molecular formula is C14H16ClN3O2. The molecule has 2 N–H and O–H groups in total. The van der Waals surface area contributed by atoms with Crippen LogP contribution in [0.2, 0.25) is 5.02 Å². The van der Waals surface area contributed by atoms with Crippen molar-refractivity contribution < 1.29 is 9.47 Å². The second-order valence-electron chi connectivity index (χ2n) is 4.81. The summed E-state index contributed by atoms with van der Waals surface area (Å²) in [6.45, 7) is 5.01. The fourth-order valence-corrected chi connectivity index (χ4v) is 2.43. The molecule has 1 atom stereocenters. The summed E-state index contributed by atoms with van der Waals surface area (Å²) in [4.78, 5) is 0. The van der Waals surface area contributed by atoms with Gasteiger partial charge in [-0.15, -0.1) is 0 Å². The van der Waals surface area contributed by atoms with Gasteiger partial charge in [0.05, 0.1) is 11.7 Å². The predicted molar refractivity (Wildman–Crippen MR) is 77.6 cm³/mol. The minimum absolute atomic E-state index is 0.0305. The summed E-state index contributed by atoms with van der Waals surface area (Å²) < 4.78 is 12.8. The van der Waals surface area contributed by atoms with Crippen molar-refractivity contribution in [2.24, 2.45) is 0 Å². The zero-order valence-electron chi connectivity index (χ0n) is 11.4. The van der Waals surface area contributed by atoms with E-state index >= 15 is 0 Å². The van der Waals surface area contributed by atoms with Crippen LogP contribution >= 0.6 is 11.6 Å². The van der Waals surface area contributed by atoms with Crippen molar-refractivity contribution in [3.63, 3.8) is 0 Å². The Morgan fingerprint density at radius 2 is 2.00 bits per heavy atom. The lowest BCUT2D eigenvalue weighted by Crippen LogP contribution is -2.16. The van der Waals surface area contributed by atoms with Crippen molar-refractivity contribution in [3.05, 3.63) is 34.5 Å². The van der Waals surface area contributed by atoms with Gasteiger partial charge >= 0.3 is 0 Å². The smallest absolute Gasteiger partial charge is 0.161 e. The van der Waals surface area contributed by atoms with Gasteiger partial charge in [-0.2, -0.15) is 5.10 Å². The van der Waals surface area contributed by atoms with E-state index in [2.05, 4.69) is 5.10 Å². The Balaban J connectivity index is 1.97. The van der Waals surface area contributed by atoms with Crippen molar-refractivity contribution in [1.29, 1.82) is 0 Å². The molecule has 1 aliphatic rings. The molecule has 106 valence electrons. The number of hydrogen-bond donors (Lipinski definition) is 1. The van der Waals surface area contributed by atoms with E-state index in [9.17, 15) is 0 Å². The molecule has 0 saturated heterocycles. The zero-order valence-corrected chi connectivity index (χ0v) is 12.1. The number of nitrogens with zero attached hydrogens (tertiary/aromatic N) is 2. The van der Waals surface area contributed by atoms with Crippen LogP contribution in [-0.2, 0) is 0 Å². The molecule has 2 heterocycles. The predicted octanol–water partition coefficient (Wildman–Crippen LogP) is 2.81. The van der Waals surface area contributed by atoms with Crippen LogP contribution in [0.3, 0.4) is 0 Å². The monoisotopic (exact) mass is 293 g/mol. The number of nitrogen functional groups attached to an aromatic ring is 1. The molecule has 2 aromatic rings. The molecule has 0 radical (unpaired) electrons. The number of aryl methyl sites for hydroxylation is 1. The number of halogens is 1. The van der Waals surface area contributed by atoms with Crippen LogP contribution in [0.15, 0.2) is 18.2 Å². The largest absolute Gasteiger partial charge is 0.486 e. The van der Waals surface area contributed by atoms with E-state index in [-0.39, 0.29) is 6.04 Å². The Hall–Kier alpha value is -1.88. The fourth-order valence-electron chi connectivity index (χ4n) is 2.30. The fraction of sp³-hybridized carbons (Fsp3) is 0.357. The highest BCUT2D eigenvalue weighted by molar-refractivity contribution is 6.33. The van der Waals surface area contributed by atoms with Gasteiger partial charge in [0.2, 0.25) is 0 Å². The Bertz CT molecular complexity index is 654. The van der Waals surface area contributed by atoms with Crippen LogP contribution in [0.25, 0.3) is 0 Å². The van der Waals surface area contributed by atoms with Gasteiger partial charge < -0.3 is 15.2 Å². The van der Waals surface area contributed by atoms with Crippen LogP contribution in [0, 0.1) is 6.92 Å². The molecular weight excluding hydrogens is 278 g/mol.